The summed E-state index contributed by atoms with van der Waals surface area (Å²) in [6.45, 7) is 3.79. The standard InChI is InChI=1S/C14H16O/c1-12(2)14(15)11-7-6-10-13-8-4-3-5-9-13/h3-12H,1-2H3/b10-6+,11-7+. The van der Waals surface area contributed by atoms with Crippen molar-refractivity contribution in [2.24, 2.45) is 5.92 Å². The number of hydrogen-bond donors (Lipinski definition) is 0. The Morgan fingerprint density at radius 1 is 1.13 bits per heavy atom. The van der Waals surface area contributed by atoms with Crippen LogP contribution in [0.4, 0.5) is 0 Å². The molecule has 1 aromatic rings. The van der Waals surface area contributed by atoms with Gasteiger partial charge in [-0.3, -0.25) is 4.79 Å². The number of rotatable bonds is 4. The van der Waals surface area contributed by atoms with Crippen molar-refractivity contribution in [3.63, 3.8) is 0 Å². The second kappa shape index (κ2) is 5.97. The second-order valence-corrected chi connectivity index (χ2v) is 3.69. The third kappa shape index (κ3) is 4.41. The quantitative estimate of drug-likeness (QED) is 0.537. The normalized spacial score (nSPS) is 11.7. The number of carbonyl (C=O) groups is 1. The van der Waals surface area contributed by atoms with Crippen LogP contribution in [-0.4, -0.2) is 5.78 Å². The molecule has 0 aliphatic rings. The molecule has 0 saturated heterocycles. The number of allylic oxidation sites excluding steroid dienone is 3. The van der Waals surface area contributed by atoms with Gasteiger partial charge in [-0.25, -0.2) is 0 Å². The summed E-state index contributed by atoms with van der Waals surface area (Å²) in [5, 5.41) is 0. The molecule has 0 aliphatic carbocycles. The summed E-state index contributed by atoms with van der Waals surface area (Å²) in [6.07, 6.45) is 7.26. The van der Waals surface area contributed by atoms with E-state index >= 15 is 0 Å². The Balaban J connectivity index is 2.50. The second-order valence-electron chi connectivity index (χ2n) is 3.69. The number of benzene rings is 1. The molecule has 1 aromatic carbocycles. The molecule has 1 nitrogen and oxygen atoms in total. The largest absolute Gasteiger partial charge is 0.295 e. The van der Waals surface area contributed by atoms with E-state index in [4.69, 9.17) is 0 Å². The Morgan fingerprint density at radius 3 is 2.40 bits per heavy atom. The molecule has 0 aliphatic heterocycles. The lowest BCUT2D eigenvalue weighted by molar-refractivity contribution is -0.117. The van der Waals surface area contributed by atoms with Gasteiger partial charge in [0.05, 0.1) is 0 Å². The summed E-state index contributed by atoms with van der Waals surface area (Å²) in [7, 11) is 0. The van der Waals surface area contributed by atoms with E-state index in [9.17, 15) is 4.79 Å². The Kier molecular flexibility index (Phi) is 4.55. The fourth-order valence-corrected chi connectivity index (χ4v) is 1.07. The molecule has 0 aromatic heterocycles. The molecule has 0 amide bonds. The predicted molar refractivity (Wildman–Crippen MR) is 64.5 cm³/mol. The predicted octanol–water partition coefficient (Wildman–Crippen LogP) is 3.48. The van der Waals surface area contributed by atoms with Gasteiger partial charge >= 0.3 is 0 Å². The van der Waals surface area contributed by atoms with E-state index < -0.39 is 0 Å². The first-order valence-electron chi connectivity index (χ1n) is 5.14. The average molecular weight is 200 g/mol. The van der Waals surface area contributed by atoms with Gasteiger partial charge in [-0.05, 0) is 11.6 Å². The molecule has 0 atom stereocenters. The van der Waals surface area contributed by atoms with Crippen LogP contribution < -0.4 is 0 Å². The summed E-state index contributed by atoms with van der Waals surface area (Å²) in [5.41, 5.74) is 1.14. The van der Waals surface area contributed by atoms with E-state index in [-0.39, 0.29) is 11.7 Å². The van der Waals surface area contributed by atoms with E-state index in [2.05, 4.69) is 0 Å². The van der Waals surface area contributed by atoms with Crippen molar-refractivity contribution in [1.82, 2.24) is 0 Å². The minimum Gasteiger partial charge on any atom is -0.295 e. The molecule has 0 unspecified atom stereocenters. The summed E-state index contributed by atoms with van der Waals surface area (Å²) in [6, 6.07) is 10.0. The van der Waals surface area contributed by atoms with Crippen LogP contribution in [-0.2, 0) is 4.79 Å². The average Bonchev–Trinajstić information content (AvgIpc) is 2.25. The van der Waals surface area contributed by atoms with E-state index in [0.717, 1.165) is 5.56 Å². The van der Waals surface area contributed by atoms with Crippen molar-refractivity contribution in [1.29, 1.82) is 0 Å². The van der Waals surface area contributed by atoms with Gasteiger partial charge in [0.15, 0.2) is 5.78 Å². The molecule has 0 spiro atoms. The molecule has 78 valence electrons. The minimum absolute atomic E-state index is 0.0753. The van der Waals surface area contributed by atoms with Gasteiger partial charge in [0.2, 0.25) is 0 Å². The summed E-state index contributed by atoms with van der Waals surface area (Å²) in [4.78, 5) is 11.2. The van der Waals surface area contributed by atoms with Gasteiger partial charge in [-0.1, -0.05) is 62.4 Å². The Bertz CT molecular complexity index is 358. The fourth-order valence-electron chi connectivity index (χ4n) is 1.07. The molecule has 0 fully saturated rings. The van der Waals surface area contributed by atoms with E-state index in [1.807, 2.05) is 56.3 Å². The maximum Gasteiger partial charge on any atom is 0.158 e. The summed E-state index contributed by atoms with van der Waals surface area (Å²) < 4.78 is 0. The fraction of sp³-hybridized carbons (Fsp3) is 0.214. The molecule has 0 bridgehead atoms. The highest BCUT2D eigenvalue weighted by molar-refractivity contribution is 5.91. The first-order chi connectivity index (χ1) is 7.20. The van der Waals surface area contributed by atoms with E-state index in [0.29, 0.717) is 0 Å². The highest BCUT2D eigenvalue weighted by Crippen LogP contribution is 2.01. The summed E-state index contributed by atoms with van der Waals surface area (Å²) in [5.74, 6) is 0.235. The van der Waals surface area contributed by atoms with Crippen molar-refractivity contribution in [2.75, 3.05) is 0 Å². The molecule has 1 rings (SSSR count). The molecule has 0 saturated carbocycles. The maximum absolute atomic E-state index is 11.2. The maximum atomic E-state index is 11.2. The van der Waals surface area contributed by atoms with Gasteiger partial charge < -0.3 is 0 Å². The SMILES string of the molecule is CC(C)C(=O)/C=C/C=C/c1ccccc1. The van der Waals surface area contributed by atoms with Crippen LogP contribution >= 0.6 is 0 Å². The molecule has 0 radical (unpaired) electrons. The van der Waals surface area contributed by atoms with Crippen molar-refractivity contribution in [3.8, 4) is 0 Å². The Hall–Kier alpha value is -1.63. The summed E-state index contributed by atoms with van der Waals surface area (Å²) >= 11 is 0. The first-order valence-corrected chi connectivity index (χ1v) is 5.14. The van der Waals surface area contributed by atoms with Crippen molar-refractivity contribution < 1.29 is 4.79 Å². The molecular formula is C14H16O. The van der Waals surface area contributed by atoms with Gasteiger partial charge in [-0.2, -0.15) is 0 Å². The zero-order valence-electron chi connectivity index (χ0n) is 9.18. The first kappa shape index (κ1) is 11.4. The molecule has 0 N–H and O–H groups in total. The van der Waals surface area contributed by atoms with Gasteiger partial charge in [0.1, 0.15) is 0 Å². The van der Waals surface area contributed by atoms with Crippen molar-refractivity contribution in [2.45, 2.75) is 13.8 Å². The van der Waals surface area contributed by atoms with Crippen LogP contribution in [0.1, 0.15) is 19.4 Å². The van der Waals surface area contributed by atoms with Crippen LogP contribution in [0.5, 0.6) is 0 Å². The Labute approximate surface area is 91.1 Å². The van der Waals surface area contributed by atoms with Crippen LogP contribution in [0.25, 0.3) is 6.08 Å². The lowest BCUT2D eigenvalue weighted by Gasteiger charge is -1.94. The highest BCUT2D eigenvalue weighted by Gasteiger charge is 1.99. The molecule has 1 heteroatoms. The third-order valence-corrected chi connectivity index (χ3v) is 2.03. The zero-order valence-corrected chi connectivity index (χ0v) is 9.18. The van der Waals surface area contributed by atoms with Gasteiger partial charge in [-0.15, -0.1) is 0 Å². The van der Waals surface area contributed by atoms with Crippen LogP contribution in [0.15, 0.2) is 48.6 Å². The number of carbonyl (C=O) groups excluding carboxylic acids is 1. The third-order valence-electron chi connectivity index (χ3n) is 2.03. The minimum atomic E-state index is 0.0753. The van der Waals surface area contributed by atoms with Crippen molar-refractivity contribution in [3.05, 3.63) is 54.1 Å². The Morgan fingerprint density at radius 2 is 1.80 bits per heavy atom. The zero-order chi connectivity index (χ0) is 11.1. The van der Waals surface area contributed by atoms with E-state index in [1.54, 1.807) is 12.2 Å². The van der Waals surface area contributed by atoms with Gasteiger partial charge in [0.25, 0.3) is 0 Å². The van der Waals surface area contributed by atoms with Gasteiger partial charge in [0, 0.05) is 5.92 Å². The molecule has 0 heterocycles. The van der Waals surface area contributed by atoms with Crippen molar-refractivity contribution >= 4 is 11.9 Å². The van der Waals surface area contributed by atoms with E-state index in [1.165, 1.54) is 0 Å². The highest BCUT2D eigenvalue weighted by atomic mass is 16.1. The molecular weight excluding hydrogens is 184 g/mol. The molecule has 15 heavy (non-hydrogen) atoms. The smallest absolute Gasteiger partial charge is 0.158 e. The lowest BCUT2D eigenvalue weighted by atomic mass is 10.1. The van der Waals surface area contributed by atoms with Crippen LogP contribution in [0, 0.1) is 5.92 Å². The van der Waals surface area contributed by atoms with Crippen LogP contribution in [0.2, 0.25) is 0 Å². The van der Waals surface area contributed by atoms with Crippen LogP contribution in [0.3, 0.4) is 0 Å². The topological polar surface area (TPSA) is 17.1 Å². The lowest BCUT2D eigenvalue weighted by Crippen LogP contribution is -2.01. The monoisotopic (exact) mass is 200 g/mol. The number of ketones is 1. The number of hydrogen-bond acceptors (Lipinski definition) is 1.